The number of nitriles is 1. The monoisotopic (exact) mass is 481 g/mol. The largest absolute Gasteiger partial charge is 0.456 e. The Balaban J connectivity index is 1.55. The summed E-state index contributed by atoms with van der Waals surface area (Å²) in [5.74, 6) is 0. The van der Waals surface area contributed by atoms with Crippen LogP contribution in [-0.4, -0.2) is 0 Å². The Hall–Kier alpha value is -5.01. The van der Waals surface area contributed by atoms with E-state index in [9.17, 15) is 0 Å². The van der Waals surface area contributed by atoms with E-state index in [4.69, 9.17) is 21.1 Å². The molecule has 0 unspecified atom stereocenters. The van der Waals surface area contributed by atoms with Crippen LogP contribution in [0.4, 0.5) is 0 Å². The Kier molecular flexibility index (Phi) is 6.87. The highest BCUT2D eigenvalue weighted by molar-refractivity contribution is 6.21. The fourth-order valence-electron chi connectivity index (χ4n) is 4.72. The van der Waals surface area contributed by atoms with Gasteiger partial charge in [0.15, 0.2) is 0 Å². The second-order valence-corrected chi connectivity index (χ2v) is 8.75. The van der Waals surface area contributed by atoms with Crippen LogP contribution in [0.25, 0.3) is 49.4 Å². The van der Waals surface area contributed by atoms with E-state index in [1.54, 1.807) is 12.3 Å². The minimum absolute atomic E-state index is 0.558. The first-order valence-electron chi connectivity index (χ1n) is 12.2. The van der Waals surface area contributed by atoms with Crippen molar-refractivity contribution in [2.45, 2.75) is 12.8 Å². The highest BCUT2D eigenvalue weighted by Gasteiger charge is 2.15. The number of nitrogens with two attached hydrogens (primary N) is 2. The first kappa shape index (κ1) is 23.7. The van der Waals surface area contributed by atoms with Crippen LogP contribution in [-0.2, 0) is 0 Å². The topological polar surface area (TPSA) is 89.0 Å². The van der Waals surface area contributed by atoms with Crippen LogP contribution in [0.3, 0.4) is 0 Å². The van der Waals surface area contributed by atoms with Crippen LogP contribution in [0.15, 0.2) is 126 Å². The van der Waals surface area contributed by atoms with E-state index in [0.29, 0.717) is 5.57 Å². The standard InChI is InChI=1S/C33H27N3O/c34-18-17-23(21-35)9-3-1-6-12-26(22-36)30-20-32-33(28-14-8-7-13-27(28)30)29-16-15-25(19-31(29)37-32)24-10-4-2-5-11-24/h2,4-20,22H,1,3,34,36H2/b12-6-,18-17-,23-9+,26-22+. The molecule has 0 fully saturated rings. The maximum atomic E-state index is 9.12. The Labute approximate surface area is 216 Å². The van der Waals surface area contributed by atoms with Gasteiger partial charge in [-0.25, -0.2) is 0 Å². The third kappa shape index (κ3) is 4.76. The average molecular weight is 482 g/mol. The molecule has 0 atom stereocenters. The molecule has 0 radical (unpaired) electrons. The number of benzene rings is 4. The summed E-state index contributed by atoms with van der Waals surface area (Å²) >= 11 is 0. The minimum Gasteiger partial charge on any atom is -0.456 e. The van der Waals surface area contributed by atoms with Gasteiger partial charge in [-0.1, -0.05) is 78.9 Å². The molecule has 4 aromatic carbocycles. The van der Waals surface area contributed by atoms with Gasteiger partial charge in [0, 0.05) is 22.5 Å². The fourth-order valence-corrected chi connectivity index (χ4v) is 4.72. The lowest BCUT2D eigenvalue weighted by Gasteiger charge is -2.09. The lowest BCUT2D eigenvalue weighted by molar-refractivity contribution is 0.669. The zero-order valence-corrected chi connectivity index (χ0v) is 20.4. The van der Waals surface area contributed by atoms with Crippen molar-refractivity contribution in [3.05, 3.63) is 127 Å². The molecule has 4 N–H and O–H groups in total. The zero-order chi connectivity index (χ0) is 25.6. The predicted molar refractivity (Wildman–Crippen MR) is 154 cm³/mol. The van der Waals surface area contributed by atoms with Crippen LogP contribution in [0.2, 0.25) is 0 Å². The first-order valence-corrected chi connectivity index (χ1v) is 12.2. The van der Waals surface area contributed by atoms with Gasteiger partial charge in [-0.15, -0.1) is 0 Å². The molecule has 0 saturated heterocycles. The quantitative estimate of drug-likeness (QED) is 0.140. The van der Waals surface area contributed by atoms with Crippen molar-refractivity contribution in [1.29, 1.82) is 5.26 Å². The fraction of sp³-hybridized carbons (Fsp3) is 0.0606. The first-order chi connectivity index (χ1) is 18.2. The van der Waals surface area contributed by atoms with Crippen molar-refractivity contribution >= 4 is 38.3 Å². The molecule has 0 bridgehead atoms. The molecule has 37 heavy (non-hydrogen) atoms. The van der Waals surface area contributed by atoms with E-state index >= 15 is 0 Å². The maximum Gasteiger partial charge on any atom is 0.136 e. The third-order valence-electron chi connectivity index (χ3n) is 6.48. The van der Waals surface area contributed by atoms with Gasteiger partial charge in [0.2, 0.25) is 0 Å². The van der Waals surface area contributed by atoms with E-state index in [1.165, 1.54) is 6.20 Å². The SMILES string of the molecule is N#CC(/C=C\N)=C/CC/C=C\C(=C/N)c1cc2oc3cc(-c4ccccc4)ccc3c2c2ccccc12. The van der Waals surface area contributed by atoms with Gasteiger partial charge < -0.3 is 15.9 Å². The molecule has 4 heteroatoms. The van der Waals surface area contributed by atoms with Crippen LogP contribution in [0, 0.1) is 11.3 Å². The summed E-state index contributed by atoms with van der Waals surface area (Å²) in [4.78, 5) is 0. The van der Waals surface area contributed by atoms with E-state index in [0.717, 1.165) is 67.8 Å². The number of fused-ring (bicyclic) bond motifs is 5. The van der Waals surface area contributed by atoms with Crippen LogP contribution in [0.1, 0.15) is 18.4 Å². The molecule has 0 aliphatic heterocycles. The highest BCUT2D eigenvalue weighted by Crippen LogP contribution is 2.39. The Morgan fingerprint density at radius 2 is 1.57 bits per heavy atom. The third-order valence-corrected chi connectivity index (χ3v) is 6.48. The minimum atomic E-state index is 0.558. The van der Waals surface area contributed by atoms with Crippen molar-refractivity contribution in [3.8, 4) is 17.2 Å². The average Bonchev–Trinajstić information content (AvgIpc) is 3.32. The molecule has 5 aromatic rings. The van der Waals surface area contributed by atoms with Crippen molar-refractivity contribution in [1.82, 2.24) is 0 Å². The summed E-state index contributed by atoms with van der Waals surface area (Å²) in [6.45, 7) is 0. The molecule has 4 nitrogen and oxygen atoms in total. The zero-order valence-electron chi connectivity index (χ0n) is 20.4. The number of unbranched alkanes of at least 4 members (excludes halogenated alkanes) is 1. The van der Waals surface area contributed by atoms with Gasteiger partial charge in [0.25, 0.3) is 0 Å². The van der Waals surface area contributed by atoms with E-state index in [2.05, 4.69) is 66.7 Å². The van der Waals surface area contributed by atoms with Crippen LogP contribution >= 0.6 is 0 Å². The van der Waals surface area contributed by atoms with Crippen LogP contribution < -0.4 is 11.5 Å². The lowest BCUT2D eigenvalue weighted by atomic mass is 9.94. The lowest BCUT2D eigenvalue weighted by Crippen LogP contribution is -1.90. The molecule has 0 aliphatic rings. The van der Waals surface area contributed by atoms with Crippen molar-refractivity contribution in [2.24, 2.45) is 11.5 Å². The number of nitrogens with zero attached hydrogens (tertiary/aromatic N) is 1. The van der Waals surface area contributed by atoms with Gasteiger partial charge in [-0.05, 0) is 76.4 Å². The number of hydrogen-bond acceptors (Lipinski definition) is 4. The van der Waals surface area contributed by atoms with Gasteiger partial charge in [-0.3, -0.25) is 0 Å². The normalized spacial score (nSPS) is 12.8. The Morgan fingerprint density at radius 3 is 2.32 bits per heavy atom. The molecule has 0 aliphatic carbocycles. The second-order valence-electron chi connectivity index (χ2n) is 8.75. The van der Waals surface area contributed by atoms with Gasteiger partial charge in [0.1, 0.15) is 11.2 Å². The number of hydrogen-bond donors (Lipinski definition) is 2. The summed E-state index contributed by atoms with van der Waals surface area (Å²) in [5, 5.41) is 13.6. The molecule has 1 heterocycles. The Bertz CT molecular complexity index is 1750. The molecule has 5 rings (SSSR count). The summed E-state index contributed by atoms with van der Waals surface area (Å²) in [6, 6.07) is 29.3. The molecule has 180 valence electrons. The van der Waals surface area contributed by atoms with Gasteiger partial charge in [0.05, 0.1) is 6.07 Å². The van der Waals surface area contributed by atoms with E-state index < -0.39 is 0 Å². The molecule has 0 saturated carbocycles. The summed E-state index contributed by atoms with van der Waals surface area (Å²) < 4.78 is 6.42. The number of allylic oxidation sites excluding steroid dienone is 6. The van der Waals surface area contributed by atoms with Crippen molar-refractivity contribution in [3.63, 3.8) is 0 Å². The van der Waals surface area contributed by atoms with E-state index in [-0.39, 0.29) is 0 Å². The molecular formula is C33H27N3O. The summed E-state index contributed by atoms with van der Waals surface area (Å²) in [7, 11) is 0. The van der Waals surface area contributed by atoms with Gasteiger partial charge in [-0.2, -0.15) is 5.26 Å². The summed E-state index contributed by atoms with van der Waals surface area (Å²) in [5.41, 5.74) is 17.9. The predicted octanol–water partition coefficient (Wildman–Crippen LogP) is 7.96. The number of rotatable bonds is 7. The molecular weight excluding hydrogens is 454 g/mol. The highest BCUT2D eigenvalue weighted by atomic mass is 16.3. The van der Waals surface area contributed by atoms with Crippen molar-refractivity contribution < 1.29 is 4.42 Å². The van der Waals surface area contributed by atoms with Crippen LogP contribution in [0.5, 0.6) is 0 Å². The van der Waals surface area contributed by atoms with Gasteiger partial charge >= 0.3 is 0 Å². The molecule has 1 aromatic heterocycles. The molecule has 0 amide bonds. The maximum absolute atomic E-state index is 9.12. The smallest absolute Gasteiger partial charge is 0.136 e. The second kappa shape index (κ2) is 10.7. The van der Waals surface area contributed by atoms with Crippen molar-refractivity contribution in [2.75, 3.05) is 0 Å². The van der Waals surface area contributed by atoms with E-state index in [1.807, 2.05) is 36.4 Å². The Morgan fingerprint density at radius 1 is 0.784 bits per heavy atom. The molecule has 0 spiro atoms. The number of furan rings is 1. The summed E-state index contributed by atoms with van der Waals surface area (Å²) in [6.07, 6.45) is 12.1.